The van der Waals surface area contributed by atoms with E-state index in [-0.39, 0.29) is 18.6 Å². The number of aliphatic hydroxyl groups excluding tert-OH is 1. The van der Waals surface area contributed by atoms with Gasteiger partial charge in [0, 0.05) is 17.7 Å². The Morgan fingerprint density at radius 3 is 2.58 bits per heavy atom. The molecule has 31 heavy (non-hydrogen) atoms. The Kier molecular flexibility index (Phi) is 6.18. The molecule has 0 aliphatic heterocycles. The number of fused-ring (bicyclic) bond motifs is 1. The number of anilines is 2. The molecule has 8 nitrogen and oxygen atoms in total. The Hall–Kier alpha value is -3.39. The lowest BCUT2D eigenvalue weighted by atomic mass is 10.1. The zero-order valence-corrected chi connectivity index (χ0v) is 18.0. The first-order valence-corrected chi connectivity index (χ1v) is 10.6. The predicted molar refractivity (Wildman–Crippen MR) is 121 cm³/mol. The van der Waals surface area contributed by atoms with Crippen LogP contribution in [0.5, 0.6) is 0 Å². The second kappa shape index (κ2) is 9.18. The molecule has 0 fully saturated rings. The molecule has 0 aliphatic carbocycles. The van der Waals surface area contributed by atoms with Gasteiger partial charge in [-0.05, 0) is 30.0 Å². The molecule has 3 heterocycles. The molecule has 1 atom stereocenters. The van der Waals surface area contributed by atoms with E-state index in [1.165, 1.54) is 0 Å². The molecule has 0 radical (unpaired) electrons. The molecule has 0 amide bonds. The number of nitrogens with zero attached hydrogens (tertiary/aromatic N) is 4. The number of aliphatic hydroxyl groups is 1. The average Bonchev–Trinajstić information content (AvgIpc) is 3.46. The molecule has 0 unspecified atom stereocenters. The number of aromatic nitrogens is 4. The molecule has 3 N–H and O–H groups in total. The topological polar surface area (TPSA) is 101 Å². The Morgan fingerprint density at radius 2 is 1.94 bits per heavy atom. The summed E-state index contributed by atoms with van der Waals surface area (Å²) >= 11 is 0. The summed E-state index contributed by atoms with van der Waals surface area (Å²) in [5.41, 5.74) is 3.95. The lowest BCUT2D eigenvalue weighted by molar-refractivity contribution is 0.271. The van der Waals surface area contributed by atoms with Crippen molar-refractivity contribution in [2.45, 2.75) is 45.7 Å². The first-order chi connectivity index (χ1) is 15.1. The normalized spacial score (nSPS) is 12.4. The summed E-state index contributed by atoms with van der Waals surface area (Å²) in [6.07, 6.45) is 4.28. The maximum absolute atomic E-state index is 9.56. The minimum absolute atomic E-state index is 0.0200. The van der Waals surface area contributed by atoms with Crippen LogP contribution >= 0.6 is 0 Å². The van der Waals surface area contributed by atoms with E-state index >= 15 is 0 Å². The van der Waals surface area contributed by atoms with E-state index in [4.69, 9.17) is 4.42 Å². The van der Waals surface area contributed by atoms with Crippen molar-refractivity contribution in [3.63, 3.8) is 0 Å². The van der Waals surface area contributed by atoms with Crippen molar-refractivity contribution < 1.29 is 9.52 Å². The zero-order valence-electron chi connectivity index (χ0n) is 18.0. The van der Waals surface area contributed by atoms with Crippen molar-refractivity contribution in [3.05, 3.63) is 60.0 Å². The monoisotopic (exact) mass is 420 g/mol. The van der Waals surface area contributed by atoms with Gasteiger partial charge in [-0.15, -0.1) is 0 Å². The van der Waals surface area contributed by atoms with Gasteiger partial charge in [-0.1, -0.05) is 45.0 Å². The summed E-state index contributed by atoms with van der Waals surface area (Å²) in [5, 5.41) is 20.7. The minimum Gasteiger partial charge on any atom is -0.464 e. The van der Waals surface area contributed by atoms with E-state index in [0.29, 0.717) is 18.4 Å². The minimum atomic E-state index is -0.102. The van der Waals surface area contributed by atoms with Gasteiger partial charge in [0.25, 0.3) is 0 Å². The summed E-state index contributed by atoms with van der Waals surface area (Å²) in [7, 11) is 0. The molecule has 8 heteroatoms. The van der Waals surface area contributed by atoms with Gasteiger partial charge in [0.15, 0.2) is 5.65 Å². The second-order valence-corrected chi connectivity index (χ2v) is 7.82. The van der Waals surface area contributed by atoms with Crippen LogP contribution in [0.4, 0.5) is 11.9 Å². The molecule has 0 saturated heterocycles. The smallest absolute Gasteiger partial charge is 0.229 e. The lowest BCUT2D eigenvalue weighted by Gasteiger charge is -2.16. The van der Waals surface area contributed by atoms with E-state index in [1.807, 2.05) is 37.4 Å². The van der Waals surface area contributed by atoms with E-state index in [0.717, 1.165) is 34.5 Å². The number of hydrogen-bond donors (Lipinski definition) is 3. The largest absolute Gasteiger partial charge is 0.464 e. The highest BCUT2D eigenvalue weighted by Crippen LogP contribution is 2.23. The molecule has 3 aromatic heterocycles. The maximum atomic E-state index is 9.56. The lowest BCUT2D eigenvalue weighted by Crippen LogP contribution is -2.24. The third-order valence-electron chi connectivity index (χ3n) is 5.27. The van der Waals surface area contributed by atoms with Gasteiger partial charge in [0.1, 0.15) is 5.76 Å². The van der Waals surface area contributed by atoms with Crippen molar-refractivity contribution in [2.75, 3.05) is 17.2 Å². The van der Waals surface area contributed by atoms with E-state index < -0.39 is 0 Å². The van der Waals surface area contributed by atoms with E-state index in [1.54, 1.807) is 10.8 Å². The van der Waals surface area contributed by atoms with Crippen molar-refractivity contribution in [1.82, 2.24) is 19.6 Å². The van der Waals surface area contributed by atoms with Gasteiger partial charge in [-0.2, -0.15) is 19.6 Å². The maximum Gasteiger partial charge on any atom is 0.229 e. The second-order valence-electron chi connectivity index (χ2n) is 7.82. The number of furan rings is 1. The Bertz CT molecular complexity index is 1120. The van der Waals surface area contributed by atoms with Crippen molar-refractivity contribution >= 4 is 17.5 Å². The highest BCUT2D eigenvalue weighted by molar-refractivity contribution is 5.58. The highest BCUT2D eigenvalue weighted by Gasteiger charge is 2.16. The van der Waals surface area contributed by atoms with Crippen molar-refractivity contribution in [1.29, 1.82) is 0 Å². The number of benzene rings is 1. The number of rotatable bonds is 9. The molecular formula is C23H28N6O2. The van der Waals surface area contributed by atoms with Gasteiger partial charge >= 0.3 is 0 Å². The van der Waals surface area contributed by atoms with Gasteiger partial charge in [-0.25, -0.2) is 0 Å². The van der Waals surface area contributed by atoms with Crippen LogP contribution in [-0.2, 0) is 6.54 Å². The fraction of sp³-hybridized carbons (Fsp3) is 0.348. The Labute approximate surface area is 181 Å². The first kappa shape index (κ1) is 20.9. The van der Waals surface area contributed by atoms with Crippen LogP contribution in [0.2, 0.25) is 0 Å². The fourth-order valence-electron chi connectivity index (χ4n) is 3.35. The third kappa shape index (κ3) is 4.54. The van der Waals surface area contributed by atoms with Crippen LogP contribution in [0, 0.1) is 0 Å². The number of hydrogen-bond acceptors (Lipinski definition) is 7. The summed E-state index contributed by atoms with van der Waals surface area (Å²) in [6, 6.07) is 11.9. The predicted octanol–water partition coefficient (Wildman–Crippen LogP) is 4.30. The SMILES string of the molecule is CC[C@@H](CO)Nc1nc(NCc2ccc(-c3ccco3)cc2)n2ncc(C(C)C)c2n1. The molecule has 1 aromatic carbocycles. The highest BCUT2D eigenvalue weighted by atomic mass is 16.3. The van der Waals surface area contributed by atoms with Crippen LogP contribution in [0.25, 0.3) is 17.0 Å². The molecule has 4 aromatic rings. The van der Waals surface area contributed by atoms with Gasteiger partial charge < -0.3 is 20.2 Å². The number of nitrogens with one attached hydrogen (secondary N) is 2. The molecule has 0 saturated carbocycles. The zero-order chi connectivity index (χ0) is 21.8. The van der Waals surface area contributed by atoms with Crippen LogP contribution in [-0.4, -0.2) is 37.3 Å². The summed E-state index contributed by atoms with van der Waals surface area (Å²) in [6.45, 7) is 6.84. The van der Waals surface area contributed by atoms with Crippen LogP contribution in [0.3, 0.4) is 0 Å². The summed E-state index contributed by atoms with van der Waals surface area (Å²) < 4.78 is 7.19. The van der Waals surface area contributed by atoms with Crippen LogP contribution < -0.4 is 10.6 Å². The molecule has 162 valence electrons. The average molecular weight is 421 g/mol. The fourth-order valence-corrected chi connectivity index (χ4v) is 3.35. The summed E-state index contributed by atoms with van der Waals surface area (Å²) in [4.78, 5) is 9.29. The van der Waals surface area contributed by atoms with Crippen LogP contribution in [0.1, 0.15) is 44.2 Å². The van der Waals surface area contributed by atoms with Gasteiger partial charge in [0.2, 0.25) is 11.9 Å². The Morgan fingerprint density at radius 1 is 1.13 bits per heavy atom. The van der Waals surface area contributed by atoms with Gasteiger partial charge in [-0.3, -0.25) is 0 Å². The van der Waals surface area contributed by atoms with Gasteiger partial charge in [0.05, 0.1) is 25.1 Å². The standard InChI is InChI=1S/C23H28N6O2/c1-4-18(14-30)26-22-27-21-19(15(2)3)13-25-29(21)23(28-22)24-12-16-7-9-17(10-8-16)20-6-5-11-31-20/h5-11,13,15,18,30H,4,12,14H2,1-3H3,(H2,24,26,27,28)/t18-/m0/s1. The molecular weight excluding hydrogens is 392 g/mol. The van der Waals surface area contributed by atoms with Crippen molar-refractivity contribution in [2.24, 2.45) is 0 Å². The quantitative estimate of drug-likeness (QED) is 0.371. The first-order valence-electron chi connectivity index (χ1n) is 10.6. The van der Waals surface area contributed by atoms with E-state index in [9.17, 15) is 5.11 Å². The summed E-state index contributed by atoms with van der Waals surface area (Å²) in [5.74, 6) is 2.20. The molecule has 0 bridgehead atoms. The molecule has 0 aliphatic rings. The van der Waals surface area contributed by atoms with Crippen LogP contribution in [0.15, 0.2) is 53.3 Å². The molecule has 0 spiro atoms. The molecule has 4 rings (SSSR count). The Balaban J connectivity index is 1.59. The third-order valence-corrected chi connectivity index (χ3v) is 5.27. The van der Waals surface area contributed by atoms with E-state index in [2.05, 4.69) is 51.7 Å². The van der Waals surface area contributed by atoms with Crippen molar-refractivity contribution in [3.8, 4) is 11.3 Å².